The highest BCUT2D eigenvalue weighted by Crippen LogP contribution is 2.25. The Labute approximate surface area is 179 Å². The summed E-state index contributed by atoms with van der Waals surface area (Å²) in [4.78, 5) is 18.4. The van der Waals surface area contributed by atoms with Crippen molar-refractivity contribution >= 4 is 40.6 Å². The zero-order valence-corrected chi connectivity index (χ0v) is 18.2. The van der Waals surface area contributed by atoms with Gasteiger partial charge in [0.25, 0.3) is 0 Å². The molecule has 0 saturated carbocycles. The first kappa shape index (κ1) is 21.1. The van der Waals surface area contributed by atoms with Gasteiger partial charge < -0.3 is 14.8 Å². The first-order valence-electron chi connectivity index (χ1n) is 9.31. The summed E-state index contributed by atoms with van der Waals surface area (Å²) in [6.45, 7) is 6.21. The summed E-state index contributed by atoms with van der Waals surface area (Å²) in [6.07, 6.45) is 1.57. The van der Waals surface area contributed by atoms with E-state index in [0.29, 0.717) is 10.8 Å². The smallest absolute Gasteiger partial charge is 0.234 e. The number of thioether (sulfide) groups is 1. The van der Waals surface area contributed by atoms with Crippen LogP contribution in [0.2, 0.25) is 5.15 Å². The number of rotatable bonds is 8. The quantitative estimate of drug-likeness (QED) is 0.428. The van der Waals surface area contributed by atoms with Crippen molar-refractivity contribution in [1.29, 1.82) is 0 Å². The molecular weight excluding hydrogens is 408 g/mol. The van der Waals surface area contributed by atoms with Gasteiger partial charge in [-0.15, -0.1) is 10.2 Å². The molecular formula is C20H23ClN6OS. The number of benzene rings is 1. The molecule has 0 unspecified atom stereocenters. The van der Waals surface area contributed by atoms with Gasteiger partial charge in [-0.05, 0) is 50.2 Å². The number of amides is 1. The largest absolute Gasteiger partial charge is 0.372 e. The van der Waals surface area contributed by atoms with E-state index in [9.17, 15) is 4.79 Å². The average Bonchev–Trinajstić information content (AvgIpc) is 3.10. The second-order valence-corrected chi connectivity index (χ2v) is 7.56. The van der Waals surface area contributed by atoms with Gasteiger partial charge in [0.1, 0.15) is 0 Å². The fraction of sp³-hybridized carbons (Fsp3) is 0.300. The Morgan fingerprint density at radius 1 is 1.17 bits per heavy atom. The number of hydrogen-bond donors (Lipinski definition) is 1. The highest BCUT2D eigenvalue weighted by atomic mass is 35.5. The Balaban J connectivity index is 1.65. The zero-order valence-electron chi connectivity index (χ0n) is 16.6. The Hall–Kier alpha value is -2.58. The molecule has 0 atom stereocenters. The predicted octanol–water partition coefficient (Wildman–Crippen LogP) is 4.11. The van der Waals surface area contributed by atoms with Gasteiger partial charge in [-0.3, -0.25) is 4.79 Å². The third-order valence-electron chi connectivity index (χ3n) is 4.45. The van der Waals surface area contributed by atoms with E-state index in [1.54, 1.807) is 18.3 Å². The lowest BCUT2D eigenvalue weighted by Crippen LogP contribution is -2.21. The second kappa shape index (κ2) is 9.76. The van der Waals surface area contributed by atoms with Crippen LogP contribution in [0.25, 0.3) is 11.4 Å². The standard InChI is InChI=1S/C20H23ClN6OS/c1-4-27(5-2)15-10-8-14(9-11-15)19-24-25-20(26(19)3)29-13-17(28)23-16-7-6-12-22-18(16)21/h6-12H,4-5,13H2,1-3H3,(H,23,28). The number of anilines is 2. The normalized spacial score (nSPS) is 10.8. The van der Waals surface area contributed by atoms with Crippen LogP contribution >= 0.6 is 23.4 Å². The van der Waals surface area contributed by atoms with Gasteiger partial charge in [0.2, 0.25) is 5.91 Å². The Kier molecular flexibility index (Phi) is 7.11. The molecule has 0 spiro atoms. The summed E-state index contributed by atoms with van der Waals surface area (Å²) in [7, 11) is 1.89. The molecule has 7 nitrogen and oxygen atoms in total. The molecule has 1 amide bonds. The van der Waals surface area contributed by atoms with E-state index in [1.807, 2.05) is 23.7 Å². The van der Waals surface area contributed by atoms with E-state index in [0.717, 1.165) is 24.5 Å². The molecule has 3 rings (SSSR count). The van der Waals surface area contributed by atoms with E-state index in [2.05, 4.69) is 51.4 Å². The van der Waals surface area contributed by atoms with Crippen LogP contribution in [-0.2, 0) is 11.8 Å². The Morgan fingerprint density at radius 3 is 2.55 bits per heavy atom. The fourth-order valence-corrected chi connectivity index (χ4v) is 3.78. The average molecular weight is 431 g/mol. The van der Waals surface area contributed by atoms with Crippen LogP contribution in [0.1, 0.15) is 13.8 Å². The molecule has 0 bridgehead atoms. The second-order valence-electron chi connectivity index (χ2n) is 6.26. The van der Waals surface area contributed by atoms with E-state index >= 15 is 0 Å². The maximum Gasteiger partial charge on any atom is 0.234 e. The van der Waals surface area contributed by atoms with E-state index in [-0.39, 0.29) is 16.8 Å². The summed E-state index contributed by atoms with van der Waals surface area (Å²) in [5.41, 5.74) is 2.65. The lowest BCUT2D eigenvalue weighted by Gasteiger charge is -2.21. The number of hydrogen-bond acceptors (Lipinski definition) is 6. The molecule has 0 aliphatic heterocycles. The van der Waals surface area contributed by atoms with Crippen molar-refractivity contribution in [2.45, 2.75) is 19.0 Å². The van der Waals surface area contributed by atoms with E-state index in [4.69, 9.17) is 11.6 Å². The van der Waals surface area contributed by atoms with Crippen molar-refractivity contribution in [2.75, 3.05) is 29.1 Å². The van der Waals surface area contributed by atoms with Crippen molar-refractivity contribution < 1.29 is 4.79 Å². The van der Waals surface area contributed by atoms with Crippen LogP contribution in [-0.4, -0.2) is 44.5 Å². The van der Waals surface area contributed by atoms with Crippen LogP contribution in [0.3, 0.4) is 0 Å². The summed E-state index contributed by atoms with van der Waals surface area (Å²) >= 11 is 7.29. The van der Waals surface area contributed by atoms with Crippen LogP contribution in [0, 0.1) is 0 Å². The van der Waals surface area contributed by atoms with Gasteiger partial charge >= 0.3 is 0 Å². The van der Waals surface area contributed by atoms with Gasteiger partial charge in [0, 0.05) is 37.6 Å². The molecule has 1 N–H and O–H groups in total. The van der Waals surface area contributed by atoms with E-state index in [1.165, 1.54) is 17.4 Å². The SMILES string of the molecule is CCN(CC)c1ccc(-c2nnc(SCC(=O)Nc3cccnc3Cl)n2C)cc1. The molecule has 29 heavy (non-hydrogen) atoms. The minimum absolute atomic E-state index is 0.182. The molecule has 9 heteroatoms. The number of nitrogens with one attached hydrogen (secondary N) is 1. The first-order chi connectivity index (χ1) is 14.0. The molecule has 0 saturated heterocycles. The molecule has 0 aliphatic carbocycles. The maximum absolute atomic E-state index is 12.2. The summed E-state index contributed by atoms with van der Waals surface area (Å²) < 4.78 is 1.89. The maximum atomic E-state index is 12.2. The number of nitrogens with zero attached hydrogens (tertiary/aromatic N) is 5. The third kappa shape index (κ3) is 5.07. The number of halogens is 1. The summed E-state index contributed by atoms with van der Waals surface area (Å²) in [5.74, 6) is 0.769. The number of aromatic nitrogens is 4. The molecule has 0 fully saturated rings. The highest BCUT2D eigenvalue weighted by Gasteiger charge is 2.14. The van der Waals surface area contributed by atoms with Crippen LogP contribution in [0.15, 0.2) is 47.8 Å². The van der Waals surface area contributed by atoms with Crippen molar-refractivity contribution in [3.8, 4) is 11.4 Å². The van der Waals surface area contributed by atoms with Crippen LogP contribution < -0.4 is 10.2 Å². The molecule has 0 radical (unpaired) electrons. The van der Waals surface area contributed by atoms with Crippen molar-refractivity contribution in [3.63, 3.8) is 0 Å². The van der Waals surface area contributed by atoms with Crippen LogP contribution in [0.5, 0.6) is 0 Å². The number of pyridine rings is 1. The third-order valence-corrected chi connectivity index (χ3v) is 5.78. The first-order valence-corrected chi connectivity index (χ1v) is 10.7. The summed E-state index contributed by atoms with van der Waals surface area (Å²) in [6, 6.07) is 11.7. The van der Waals surface area contributed by atoms with Crippen molar-refractivity contribution in [2.24, 2.45) is 7.05 Å². The molecule has 2 heterocycles. The Bertz CT molecular complexity index is 971. The van der Waals surface area contributed by atoms with Gasteiger partial charge in [-0.25, -0.2) is 4.98 Å². The van der Waals surface area contributed by atoms with Gasteiger partial charge in [0.05, 0.1) is 11.4 Å². The van der Waals surface area contributed by atoms with Crippen LogP contribution in [0.4, 0.5) is 11.4 Å². The summed E-state index contributed by atoms with van der Waals surface area (Å²) in [5, 5.41) is 12.2. The molecule has 1 aromatic carbocycles. The lowest BCUT2D eigenvalue weighted by molar-refractivity contribution is -0.113. The van der Waals surface area contributed by atoms with Gasteiger partial charge in [0.15, 0.2) is 16.1 Å². The van der Waals surface area contributed by atoms with Crippen molar-refractivity contribution in [1.82, 2.24) is 19.7 Å². The lowest BCUT2D eigenvalue weighted by atomic mass is 10.2. The number of carbonyl (C=O) groups excluding carboxylic acids is 1. The predicted molar refractivity (Wildman–Crippen MR) is 119 cm³/mol. The molecule has 0 aliphatic rings. The van der Waals surface area contributed by atoms with Crippen molar-refractivity contribution in [3.05, 3.63) is 47.7 Å². The molecule has 3 aromatic rings. The minimum Gasteiger partial charge on any atom is -0.372 e. The molecule has 152 valence electrons. The monoisotopic (exact) mass is 430 g/mol. The Morgan fingerprint density at radius 2 is 1.90 bits per heavy atom. The highest BCUT2D eigenvalue weighted by molar-refractivity contribution is 7.99. The topological polar surface area (TPSA) is 75.9 Å². The van der Waals surface area contributed by atoms with Gasteiger partial charge in [-0.1, -0.05) is 23.4 Å². The molecule has 2 aromatic heterocycles. The zero-order chi connectivity index (χ0) is 20.8. The minimum atomic E-state index is -0.182. The van der Waals surface area contributed by atoms with Gasteiger partial charge in [-0.2, -0.15) is 0 Å². The number of carbonyl (C=O) groups is 1. The van der Waals surface area contributed by atoms with E-state index < -0.39 is 0 Å². The fourth-order valence-electron chi connectivity index (χ4n) is 2.90.